The molecule has 8 heteroatoms. The van der Waals surface area contributed by atoms with E-state index in [0.29, 0.717) is 29.1 Å². The number of ketones is 1. The Kier molecular flexibility index (Phi) is 5.40. The lowest BCUT2D eigenvalue weighted by atomic mass is 9.69. The van der Waals surface area contributed by atoms with Crippen molar-refractivity contribution in [3.8, 4) is 0 Å². The molecule has 2 aliphatic rings. The van der Waals surface area contributed by atoms with E-state index in [2.05, 4.69) is 0 Å². The van der Waals surface area contributed by atoms with Crippen molar-refractivity contribution in [2.75, 3.05) is 4.90 Å². The molecule has 0 saturated carbocycles. The van der Waals surface area contributed by atoms with Gasteiger partial charge in [-0.15, -0.1) is 0 Å². The number of amides is 1. The van der Waals surface area contributed by atoms with E-state index in [1.807, 2.05) is 26.0 Å². The van der Waals surface area contributed by atoms with Crippen molar-refractivity contribution in [1.29, 1.82) is 0 Å². The fraction of sp³-hybridized carbons (Fsp3) is 0.304. The van der Waals surface area contributed by atoms with E-state index in [1.165, 1.54) is 23.1 Å². The van der Waals surface area contributed by atoms with Gasteiger partial charge in [-0.05, 0) is 41.7 Å². The van der Waals surface area contributed by atoms with Gasteiger partial charge in [0.05, 0.1) is 4.92 Å². The zero-order valence-electron chi connectivity index (χ0n) is 17.0. The van der Waals surface area contributed by atoms with Gasteiger partial charge in [-0.3, -0.25) is 24.6 Å². The van der Waals surface area contributed by atoms with E-state index < -0.39 is 10.8 Å². The number of allylic oxidation sites excluding steroid dienone is 2. The molecule has 1 amide bonds. The van der Waals surface area contributed by atoms with E-state index in [-0.39, 0.29) is 39.9 Å². The Labute approximate surface area is 189 Å². The monoisotopic (exact) mass is 458 g/mol. The van der Waals surface area contributed by atoms with Crippen LogP contribution in [-0.2, 0) is 9.59 Å². The Bertz CT molecular complexity index is 1140. The first-order valence-electron chi connectivity index (χ1n) is 9.86. The Morgan fingerprint density at radius 1 is 1.03 bits per heavy atom. The maximum atomic E-state index is 13.4. The van der Waals surface area contributed by atoms with Crippen LogP contribution >= 0.6 is 23.2 Å². The molecular weight excluding hydrogens is 439 g/mol. The van der Waals surface area contributed by atoms with Gasteiger partial charge in [0.2, 0.25) is 5.91 Å². The molecule has 6 nitrogen and oxygen atoms in total. The van der Waals surface area contributed by atoms with Gasteiger partial charge >= 0.3 is 0 Å². The molecule has 0 N–H and O–H groups in total. The summed E-state index contributed by atoms with van der Waals surface area (Å²) < 4.78 is 0. The second-order valence-corrected chi connectivity index (χ2v) is 9.60. The number of hydrogen-bond donors (Lipinski definition) is 0. The van der Waals surface area contributed by atoms with Crippen LogP contribution in [0.1, 0.15) is 44.6 Å². The second-order valence-electron chi connectivity index (χ2n) is 8.73. The molecule has 160 valence electrons. The minimum Gasteiger partial charge on any atom is -0.294 e. The van der Waals surface area contributed by atoms with Crippen LogP contribution in [0.25, 0.3) is 0 Å². The molecule has 1 unspecified atom stereocenters. The first-order chi connectivity index (χ1) is 14.6. The topological polar surface area (TPSA) is 80.5 Å². The van der Waals surface area contributed by atoms with Gasteiger partial charge in [0.15, 0.2) is 5.78 Å². The van der Waals surface area contributed by atoms with Gasteiger partial charge in [-0.1, -0.05) is 49.2 Å². The van der Waals surface area contributed by atoms with Crippen LogP contribution < -0.4 is 4.90 Å². The predicted octanol–water partition coefficient (Wildman–Crippen LogP) is 6.07. The number of carbonyl (C=O) groups is 2. The molecule has 0 aromatic heterocycles. The predicted molar refractivity (Wildman–Crippen MR) is 119 cm³/mol. The van der Waals surface area contributed by atoms with E-state index in [0.717, 1.165) is 5.56 Å². The lowest BCUT2D eigenvalue weighted by Crippen LogP contribution is -2.44. The number of halogens is 2. The van der Waals surface area contributed by atoms with Crippen LogP contribution in [0, 0.1) is 15.5 Å². The van der Waals surface area contributed by atoms with Crippen molar-refractivity contribution in [2.45, 2.75) is 39.0 Å². The minimum atomic E-state index is -0.541. The van der Waals surface area contributed by atoms with Crippen LogP contribution in [-0.4, -0.2) is 16.6 Å². The van der Waals surface area contributed by atoms with Gasteiger partial charge in [-0.2, -0.15) is 0 Å². The summed E-state index contributed by atoms with van der Waals surface area (Å²) in [7, 11) is 0. The van der Waals surface area contributed by atoms with Crippen molar-refractivity contribution < 1.29 is 14.5 Å². The average Bonchev–Trinajstić information content (AvgIpc) is 2.66. The van der Waals surface area contributed by atoms with Crippen molar-refractivity contribution in [3.05, 3.63) is 79.5 Å². The molecule has 0 bridgehead atoms. The number of benzene rings is 2. The van der Waals surface area contributed by atoms with E-state index in [1.54, 1.807) is 12.1 Å². The van der Waals surface area contributed by atoms with Gasteiger partial charge in [0.25, 0.3) is 5.69 Å². The van der Waals surface area contributed by atoms with Gasteiger partial charge in [0, 0.05) is 46.1 Å². The SMILES string of the molecule is CC1(C)CC(=O)C2=C(C1)N(c1cc(Cl)ccc1[N+](=O)[O-])C(=O)CC2c1ccc(Cl)cc1. The normalized spacial score (nSPS) is 20.6. The molecule has 2 aromatic carbocycles. The molecular formula is C23H20Cl2N2O4. The Morgan fingerprint density at radius 2 is 1.68 bits per heavy atom. The summed E-state index contributed by atoms with van der Waals surface area (Å²) in [5, 5.41) is 12.5. The van der Waals surface area contributed by atoms with Crippen LogP contribution in [0.4, 0.5) is 11.4 Å². The molecule has 1 heterocycles. The average molecular weight is 459 g/mol. The maximum Gasteiger partial charge on any atom is 0.293 e. The zero-order valence-corrected chi connectivity index (χ0v) is 18.5. The Balaban J connectivity index is 1.95. The Hall–Kier alpha value is -2.70. The molecule has 0 spiro atoms. The van der Waals surface area contributed by atoms with E-state index in [9.17, 15) is 19.7 Å². The van der Waals surface area contributed by atoms with Crippen LogP contribution in [0.5, 0.6) is 0 Å². The van der Waals surface area contributed by atoms with E-state index >= 15 is 0 Å². The van der Waals surface area contributed by atoms with Crippen LogP contribution in [0.3, 0.4) is 0 Å². The molecule has 4 rings (SSSR count). The van der Waals surface area contributed by atoms with Gasteiger partial charge in [0.1, 0.15) is 5.69 Å². The summed E-state index contributed by atoms with van der Waals surface area (Å²) in [4.78, 5) is 39.2. The van der Waals surface area contributed by atoms with Crippen molar-refractivity contribution in [1.82, 2.24) is 0 Å². The number of Topliss-reactive ketones (excluding diaryl/α,β-unsaturated/α-hetero) is 1. The van der Waals surface area contributed by atoms with Crippen LogP contribution in [0.15, 0.2) is 53.7 Å². The number of nitro benzene ring substituents is 1. The molecule has 0 fully saturated rings. The molecule has 1 aliphatic heterocycles. The summed E-state index contributed by atoms with van der Waals surface area (Å²) in [6.45, 7) is 3.91. The number of hydrogen-bond acceptors (Lipinski definition) is 4. The van der Waals surface area contributed by atoms with Gasteiger partial charge < -0.3 is 0 Å². The van der Waals surface area contributed by atoms with Crippen LogP contribution in [0.2, 0.25) is 10.0 Å². The first-order valence-corrected chi connectivity index (χ1v) is 10.6. The summed E-state index contributed by atoms with van der Waals surface area (Å²) in [6, 6.07) is 11.2. The van der Waals surface area contributed by atoms with Crippen molar-refractivity contribution >= 4 is 46.3 Å². The number of carbonyl (C=O) groups excluding carboxylic acids is 2. The second kappa shape index (κ2) is 7.77. The summed E-state index contributed by atoms with van der Waals surface area (Å²) >= 11 is 12.1. The Morgan fingerprint density at radius 3 is 2.32 bits per heavy atom. The molecule has 31 heavy (non-hydrogen) atoms. The number of anilines is 1. The molecule has 2 aromatic rings. The third-order valence-corrected chi connectivity index (χ3v) is 6.28. The molecule has 0 radical (unpaired) electrons. The largest absolute Gasteiger partial charge is 0.294 e. The summed E-state index contributed by atoms with van der Waals surface area (Å²) in [5.74, 6) is -0.777. The summed E-state index contributed by atoms with van der Waals surface area (Å²) in [5.41, 5.74) is 1.35. The number of nitrogens with zero attached hydrogens (tertiary/aromatic N) is 2. The van der Waals surface area contributed by atoms with Crippen molar-refractivity contribution in [3.63, 3.8) is 0 Å². The highest BCUT2D eigenvalue weighted by molar-refractivity contribution is 6.31. The number of rotatable bonds is 3. The summed E-state index contributed by atoms with van der Waals surface area (Å²) in [6.07, 6.45) is 0.805. The highest BCUT2D eigenvalue weighted by Crippen LogP contribution is 2.49. The fourth-order valence-electron chi connectivity index (χ4n) is 4.50. The first kappa shape index (κ1) is 21.5. The van der Waals surface area contributed by atoms with Gasteiger partial charge in [-0.25, -0.2) is 0 Å². The zero-order chi connectivity index (χ0) is 22.5. The smallest absolute Gasteiger partial charge is 0.293 e. The third-order valence-electron chi connectivity index (χ3n) is 5.79. The lowest BCUT2D eigenvalue weighted by molar-refractivity contribution is -0.384. The molecule has 1 aliphatic carbocycles. The quantitative estimate of drug-likeness (QED) is 0.413. The molecule has 0 saturated heterocycles. The standard InChI is InChI=1S/C23H20Cl2N2O4/c1-23(2)11-19-22(20(28)12-23)16(13-3-5-14(24)6-4-13)10-21(29)26(19)18-9-15(25)7-8-17(18)27(30)31/h3-9,16H,10-12H2,1-2H3. The fourth-order valence-corrected chi connectivity index (χ4v) is 4.80. The van der Waals surface area contributed by atoms with Crippen molar-refractivity contribution in [2.24, 2.45) is 5.41 Å². The highest BCUT2D eigenvalue weighted by atomic mass is 35.5. The van der Waals surface area contributed by atoms with E-state index in [4.69, 9.17) is 23.2 Å². The minimum absolute atomic E-state index is 0.0241. The molecule has 1 atom stereocenters. The highest BCUT2D eigenvalue weighted by Gasteiger charge is 2.45. The maximum absolute atomic E-state index is 13.4. The third kappa shape index (κ3) is 3.98. The lowest BCUT2D eigenvalue weighted by Gasteiger charge is -2.42. The number of nitro groups is 1.